The quantitative estimate of drug-likeness (QED) is 0.258. The van der Waals surface area contributed by atoms with E-state index in [0.29, 0.717) is 33.9 Å². The number of amides is 2. The molecule has 9 nitrogen and oxygen atoms in total. The molecule has 0 aliphatic carbocycles. The Hall–Kier alpha value is -4.86. The highest BCUT2D eigenvalue weighted by molar-refractivity contribution is 6.39. The summed E-state index contributed by atoms with van der Waals surface area (Å²) in [6.45, 7) is 0.310. The van der Waals surface area contributed by atoms with Crippen molar-refractivity contribution in [3.63, 3.8) is 0 Å². The van der Waals surface area contributed by atoms with Crippen LogP contribution in [0.15, 0.2) is 72.9 Å². The molecule has 10 heteroatoms. The Balaban J connectivity index is 1.37. The third-order valence-corrected chi connectivity index (χ3v) is 5.22. The van der Waals surface area contributed by atoms with E-state index in [1.54, 1.807) is 30.3 Å². The van der Waals surface area contributed by atoms with Gasteiger partial charge in [-0.2, -0.15) is 0 Å². The van der Waals surface area contributed by atoms with Crippen LogP contribution in [0.4, 0.5) is 10.1 Å². The van der Waals surface area contributed by atoms with E-state index in [-0.39, 0.29) is 24.6 Å². The molecule has 0 fully saturated rings. The fourth-order valence-corrected chi connectivity index (χ4v) is 3.43. The standard InChI is InChI=1S/C27H24FN3O6/c1-34-24-15-19-21(16-25(24)35-2)29-11-10-22(19)37-23-9-8-17(14-20(23)28)31-27(33)26(32)30-12-13-36-18-6-4-3-5-7-18/h3-11,14-16H,12-13H2,1-2H3,(H,30,32)(H,31,33). The molecule has 37 heavy (non-hydrogen) atoms. The van der Waals surface area contributed by atoms with E-state index >= 15 is 0 Å². The minimum absolute atomic E-state index is 0.0807. The minimum atomic E-state index is -0.936. The number of nitrogens with zero attached hydrogens (tertiary/aromatic N) is 1. The van der Waals surface area contributed by atoms with E-state index in [2.05, 4.69) is 15.6 Å². The third-order valence-electron chi connectivity index (χ3n) is 5.22. The van der Waals surface area contributed by atoms with Crippen LogP contribution in [0.1, 0.15) is 0 Å². The highest BCUT2D eigenvalue weighted by atomic mass is 19.1. The van der Waals surface area contributed by atoms with Crippen molar-refractivity contribution >= 4 is 28.4 Å². The Morgan fingerprint density at radius 2 is 1.62 bits per heavy atom. The van der Waals surface area contributed by atoms with Gasteiger partial charge in [-0.3, -0.25) is 14.6 Å². The largest absolute Gasteiger partial charge is 0.493 e. The molecule has 2 amide bonds. The molecule has 0 saturated carbocycles. The van der Waals surface area contributed by atoms with Crippen LogP contribution in [-0.4, -0.2) is 44.2 Å². The van der Waals surface area contributed by atoms with Gasteiger partial charge in [-0.25, -0.2) is 4.39 Å². The summed E-state index contributed by atoms with van der Waals surface area (Å²) in [7, 11) is 3.02. The number of carbonyl (C=O) groups is 2. The summed E-state index contributed by atoms with van der Waals surface area (Å²) < 4.78 is 36.7. The van der Waals surface area contributed by atoms with Crippen LogP contribution in [0.2, 0.25) is 0 Å². The van der Waals surface area contributed by atoms with Crippen molar-refractivity contribution in [2.24, 2.45) is 0 Å². The predicted octanol–water partition coefficient (Wildman–Crippen LogP) is 4.32. The lowest BCUT2D eigenvalue weighted by molar-refractivity contribution is -0.136. The summed E-state index contributed by atoms with van der Waals surface area (Å²) >= 11 is 0. The second-order valence-electron chi connectivity index (χ2n) is 7.65. The molecule has 0 unspecified atom stereocenters. The van der Waals surface area contributed by atoms with E-state index in [1.807, 2.05) is 18.2 Å². The maximum atomic E-state index is 14.8. The van der Waals surface area contributed by atoms with E-state index in [0.717, 1.165) is 6.07 Å². The number of hydrogen-bond donors (Lipinski definition) is 2. The fraction of sp³-hybridized carbons (Fsp3) is 0.148. The van der Waals surface area contributed by atoms with Crippen LogP contribution < -0.4 is 29.6 Å². The van der Waals surface area contributed by atoms with Gasteiger partial charge in [-0.15, -0.1) is 0 Å². The van der Waals surface area contributed by atoms with Gasteiger partial charge in [0.1, 0.15) is 18.1 Å². The Morgan fingerprint density at radius 3 is 2.35 bits per heavy atom. The highest BCUT2D eigenvalue weighted by Crippen LogP contribution is 2.37. The molecule has 0 bridgehead atoms. The molecule has 0 aliphatic heterocycles. The van der Waals surface area contributed by atoms with Crippen molar-refractivity contribution < 1.29 is 32.9 Å². The molecule has 0 aliphatic rings. The number of pyridine rings is 1. The number of benzene rings is 3. The van der Waals surface area contributed by atoms with Crippen LogP contribution in [0.3, 0.4) is 0 Å². The number of aromatic nitrogens is 1. The van der Waals surface area contributed by atoms with Gasteiger partial charge in [-0.05, 0) is 36.4 Å². The Bertz CT molecular complexity index is 1410. The van der Waals surface area contributed by atoms with Gasteiger partial charge in [0.15, 0.2) is 23.1 Å². The summed E-state index contributed by atoms with van der Waals surface area (Å²) in [4.78, 5) is 28.5. The predicted molar refractivity (Wildman–Crippen MR) is 135 cm³/mol. The number of nitrogens with one attached hydrogen (secondary N) is 2. The monoisotopic (exact) mass is 505 g/mol. The number of fused-ring (bicyclic) bond motifs is 1. The Labute approximate surface area is 212 Å². The molecule has 2 N–H and O–H groups in total. The van der Waals surface area contributed by atoms with Gasteiger partial charge in [-0.1, -0.05) is 18.2 Å². The second-order valence-corrected chi connectivity index (χ2v) is 7.65. The van der Waals surface area contributed by atoms with Gasteiger partial charge >= 0.3 is 11.8 Å². The third kappa shape index (κ3) is 6.23. The van der Waals surface area contributed by atoms with Gasteiger partial charge in [0, 0.05) is 29.4 Å². The first-order valence-electron chi connectivity index (χ1n) is 11.2. The summed E-state index contributed by atoms with van der Waals surface area (Å²) in [6.07, 6.45) is 1.53. The van der Waals surface area contributed by atoms with Crippen molar-refractivity contribution in [1.82, 2.24) is 10.3 Å². The molecule has 1 heterocycles. The molecule has 0 saturated heterocycles. The van der Waals surface area contributed by atoms with Crippen molar-refractivity contribution in [2.75, 3.05) is 32.7 Å². The maximum absolute atomic E-state index is 14.8. The lowest BCUT2D eigenvalue weighted by atomic mass is 10.2. The average Bonchev–Trinajstić information content (AvgIpc) is 2.92. The molecular formula is C27H24FN3O6. The highest BCUT2D eigenvalue weighted by Gasteiger charge is 2.16. The van der Waals surface area contributed by atoms with Crippen molar-refractivity contribution in [3.05, 3.63) is 78.7 Å². The SMILES string of the molecule is COc1cc2nccc(Oc3ccc(NC(=O)C(=O)NCCOc4ccccc4)cc3F)c2cc1OC. The summed E-state index contributed by atoms with van der Waals surface area (Å²) in [6, 6.07) is 17.9. The lowest BCUT2D eigenvalue weighted by Crippen LogP contribution is -2.37. The summed E-state index contributed by atoms with van der Waals surface area (Å²) in [5.41, 5.74) is 0.663. The van der Waals surface area contributed by atoms with Gasteiger partial charge in [0.2, 0.25) is 0 Å². The van der Waals surface area contributed by atoms with Crippen LogP contribution in [0.5, 0.6) is 28.7 Å². The molecule has 0 radical (unpaired) electrons. The van der Waals surface area contributed by atoms with Crippen LogP contribution in [-0.2, 0) is 9.59 Å². The molecule has 0 spiro atoms. The fourth-order valence-electron chi connectivity index (χ4n) is 3.43. The van der Waals surface area contributed by atoms with Gasteiger partial charge in [0.25, 0.3) is 0 Å². The number of ether oxygens (including phenoxy) is 4. The first-order valence-corrected chi connectivity index (χ1v) is 11.2. The number of rotatable bonds is 9. The van der Waals surface area contributed by atoms with Gasteiger partial charge < -0.3 is 29.6 Å². The van der Waals surface area contributed by atoms with Crippen LogP contribution in [0.25, 0.3) is 10.9 Å². The summed E-state index contributed by atoms with van der Waals surface area (Å²) in [5, 5.41) is 5.40. The van der Waals surface area contributed by atoms with E-state index in [9.17, 15) is 14.0 Å². The number of carbonyl (C=O) groups excluding carboxylic acids is 2. The van der Waals surface area contributed by atoms with Crippen molar-refractivity contribution in [3.8, 4) is 28.7 Å². The average molecular weight is 506 g/mol. The van der Waals surface area contributed by atoms with Crippen molar-refractivity contribution in [2.45, 2.75) is 0 Å². The molecule has 190 valence electrons. The zero-order valence-corrected chi connectivity index (χ0v) is 20.1. The number of para-hydroxylation sites is 1. The first-order chi connectivity index (χ1) is 18.0. The van der Waals surface area contributed by atoms with E-state index in [1.165, 1.54) is 32.5 Å². The molecule has 3 aromatic carbocycles. The minimum Gasteiger partial charge on any atom is -0.493 e. The first kappa shape index (κ1) is 25.2. The molecule has 0 atom stereocenters. The van der Waals surface area contributed by atoms with E-state index in [4.69, 9.17) is 18.9 Å². The molecule has 1 aromatic heterocycles. The number of anilines is 1. The molecular weight excluding hydrogens is 481 g/mol. The Morgan fingerprint density at radius 1 is 0.865 bits per heavy atom. The Kier molecular flexibility index (Phi) is 7.99. The van der Waals surface area contributed by atoms with Gasteiger partial charge in [0.05, 0.1) is 26.3 Å². The summed E-state index contributed by atoms with van der Waals surface area (Å²) in [5.74, 6) is -0.659. The zero-order chi connectivity index (χ0) is 26.2. The normalized spacial score (nSPS) is 10.5. The van der Waals surface area contributed by atoms with Crippen LogP contribution >= 0.6 is 0 Å². The van der Waals surface area contributed by atoms with E-state index < -0.39 is 17.6 Å². The maximum Gasteiger partial charge on any atom is 0.313 e. The van der Waals surface area contributed by atoms with Crippen molar-refractivity contribution in [1.29, 1.82) is 0 Å². The van der Waals surface area contributed by atoms with Crippen LogP contribution in [0, 0.1) is 5.82 Å². The smallest absolute Gasteiger partial charge is 0.313 e. The zero-order valence-electron chi connectivity index (χ0n) is 20.1. The second kappa shape index (κ2) is 11.7. The topological polar surface area (TPSA) is 108 Å². The number of hydrogen-bond acceptors (Lipinski definition) is 7. The number of halogens is 1. The number of methoxy groups -OCH3 is 2. The lowest BCUT2D eigenvalue weighted by Gasteiger charge is -2.13. The molecule has 4 rings (SSSR count). The molecule has 4 aromatic rings.